The molecular weight excluding hydrogens is 700 g/mol. The molecule has 17 nitrogen and oxygen atoms in total. The number of methoxy groups -OCH3 is 1. The average Bonchev–Trinajstić information content (AvgIpc) is 3.91. The van der Waals surface area contributed by atoms with Gasteiger partial charge in [-0.1, -0.05) is 24.3 Å². The van der Waals surface area contributed by atoms with Crippen molar-refractivity contribution in [2.45, 2.75) is 84.7 Å². The number of nitrogens with zero attached hydrogens (tertiary/aromatic N) is 3. The fraction of sp³-hybridized carbons (Fsp3) is 0.459. The van der Waals surface area contributed by atoms with Crippen molar-refractivity contribution in [2.24, 2.45) is 11.6 Å². The van der Waals surface area contributed by atoms with Crippen molar-refractivity contribution in [1.82, 2.24) is 30.8 Å². The number of ketones is 1. The molecule has 0 radical (unpaired) electrons. The summed E-state index contributed by atoms with van der Waals surface area (Å²) in [6.07, 6.45) is 5.94. The van der Waals surface area contributed by atoms with Crippen LogP contribution in [0.15, 0.2) is 48.3 Å². The molecule has 2 saturated heterocycles. The molecule has 0 aliphatic carbocycles. The Morgan fingerprint density at radius 1 is 1.09 bits per heavy atom. The molecule has 0 aromatic heterocycles. The summed E-state index contributed by atoms with van der Waals surface area (Å²) in [6.45, 7) is 7.61. The molecule has 5 amide bonds. The predicted octanol–water partition coefficient (Wildman–Crippen LogP) is 0.261. The van der Waals surface area contributed by atoms with E-state index >= 15 is 0 Å². The molecule has 2 atom stereocenters. The highest BCUT2D eigenvalue weighted by Gasteiger charge is 2.31. The molecule has 296 valence electrons. The normalized spacial score (nSPS) is 16.9. The highest BCUT2D eigenvalue weighted by atomic mass is 16.5. The van der Waals surface area contributed by atoms with Crippen LogP contribution >= 0.6 is 0 Å². The van der Waals surface area contributed by atoms with Gasteiger partial charge in [-0.2, -0.15) is 0 Å². The Hall–Kier alpha value is -5.68. The van der Waals surface area contributed by atoms with Crippen molar-refractivity contribution < 1.29 is 43.7 Å². The maximum absolute atomic E-state index is 11.5. The number of hydrogen-bond acceptors (Lipinski definition) is 12. The highest BCUT2D eigenvalue weighted by molar-refractivity contribution is 5.89. The molecule has 2 aromatic rings. The zero-order valence-corrected chi connectivity index (χ0v) is 31.4. The summed E-state index contributed by atoms with van der Waals surface area (Å²) >= 11 is 0. The SMILES string of the molecule is CC(=O)C1CCCN1C(=O)CNC=O.CC(=O)N1Cc2cccc(CN(N)/C=C(\N)CO)c2C1.CC1CCC(=O)N1.COc1ccc(CNC=O)cc1O. The molecule has 3 heterocycles. The molecule has 0 saturated carbocycles. The molecule has 3 aliphatic rings. The number of rotatable bonds is 12. The fourth-order valence-electron chi connectivity index (χ4n) is 5.85. The van der Waals surface area contributed by atoms with E-state index in [9.17, 15) is 33.9 Å². The van der Waals surface area contributed by atoms with Crippen molar-refractivity contribution in [3.8, 4) is 11.5 Å². The number of benzene rings is 2. The molecule has 54 heavy (non-hydrogen) atoms. The van der Waals surface area contributed by atoms with Crippen LogP contribution in [0.1, 0.15) is 68.7 Å². The number of phenols is 1. The Bertz CT molecular complexity index is 1620. The summed E-state index contributed by atoms with van der Waals surface area (Å²) in [5, 5.41) is 27.2. The van der Waals surface area contributed by atoms with Gasteiger partial charge in [0.1, 0.15) is 0 Å². The summed E-state index contributed by atoms with van der Waals surface area (Å²) in [5.41, 5.74) is 10.0. The second kappa shape index (κ2) is 23.1. The third-order valence-corrected chi connectivity index (χ3v) is 8.62. The largest absolute Gasteiger partial charge is 0.504 e. The molecule has 17 heteroatoms. The molecular formula is C37H54N8O9. The number of Topliss-reactive ketones (excluding diaryl/α,β-unsaturated/α-hetero) is 1. The summed E-state index contributed by atoms with van der Waals surface area (Å²) < 4.78 is 4.86. The standard InChI is InChI=1S/C14H20N4O2.C9H14N2O3.C9H11NO3.C5H9NO/c1-10(20)17-5-11-3-2-4-12(14(11)8-17)6-18(16)7-13(15)9-19;1-7(13)8-3-2-4-11(8)9(14)5-10-6-12;1-13-9-3-2-7(4-8(9)12)5-10-6-11;1-4-2-3-5(7)6-4/h2-4,7,19H,5-6,8-9,15-16H2,1H3;6,8H,2-5H2,1H3,(H,10,12);2-4,6,12H,5H2,1H3,(H,10,11);4H,2-3H2,1H3,(H,6,7)/b13-7-;;;. The van der Waals surface area contributed by atoms with Gasteiger partial charge in [-0.15, -0.1) is 0 Å². The number of likely N-dealkylation sites (tertiary alicyclic amines) is 1. The second-order valence-corrected chi connectivity index (χ2v) is 12.8. The number of carbonyl (C=O) groups excluding carboxylic acids is 6. The van der Waals surface area contributed by atoms with E-state index in [-0.39, 0.29) is 48.4 Å². The molecule has 2 unspecified atom stereocenters. The van der Waals surface area contributed by atoms with Gasteiger partial charge in [0.25, 0.3) is 0 Å². The van der Waals surface area contributed by atoms with E-state index < -0.39 is 0 Å². The fourth-order valence-corrected chi connectivity index (χ4v) is 5.85. The van der Waals surface area contributed by atoms with E-state index in [2.05, 4.69) is 16.0 Å². The van der Waals surface area contributed by atoms with Gasteiger partial charge in [-0.3, -0.25) is 28.8 Å². The van der Waals surface area contributed by atoms with Gasteiger partial charge in [0.05, 0.1) is 38.5 Å². The van der Waals surface area contributed by atoms with Crippen LogP contribution in [0.5, 0.6) is 11.5 Å². The van der Waals surface area contributed by atoms with Gasteiger partial charge in [0.2, 0.25) is 30.5 Å². The zero-order valence-electron chi connectivity index (χ0n) is 31.4. The van der Waals surface area contributed by atoms with Gasteiger partial charge in [-0.25, -0.2) is 5.84 Å². The number of fused-ring (bicyclic) bond motifs is 1. The lowest BCUT2D eigenvalue weighted by molar-refractivity contribution is -0.136. The molecule has 5 rings (SSSR count). The first kappa shape index (κ1) is 44.5. The van der Waals surface area contributed by atoms with Crippen molar-refractivity contribution in [3.63, 3.8) is 0 Å². The zero-order chi connectivity index (χ0) is 40.2. The minimum absolute atomic E-state index is 0.0157. The number of aliphatic hydroxyl groups is 1. The van der Waals surface area contributed by atoms with Crippen LogP contribution in [0.3, 0.4) is 0 Å². The minimum atomic E-state index is -0.282. The van der Waals surface area contributed by atoms with Crippen molar-refractivity contribution in [1.29, 1.82) is 0 Å². The number of hydrazine groups is 1. The Balaban J connectivity index is 0.000000263. The average molecular weight is 755 g/mol. The van der Waals surface area contributed by atoms with Crippen LogP contribution in [0.4, 0.5) is 0 Å². The van der Waals surface area contributed by atoms with E-state index in [4.69, 9.17) is 21.4 Å². The number of nitrogens with two attached hydrogens (primary N) is 2. The first-order valence-electron chi connectivity index (χ1n) is 17.5. The monoisotopic (exact) mass is 754 g/mol. The topological polar surface area (TPSA) is 250 Å². The van der Waals surface area contributed by atoms with Crippen LogP contribution in [-0.2, 0) is 54.9 Å². The predicted molar refractivity (Wildman–Crippen MR) is 199 cm³/mol. The first-order valence-corrected chi connectivity index (χ1v) is 17.5. The highest BCUT2D eigenvalue weighted by Crippen LogP contribution is 2.27. The minimum Gasteiger partial charge on any atom is -0.504 e. The number of aliphatic hydroxyl groups excluding tert-OH is 1. The lowest BCUT2D eigenvalue weighted by atomic mass is 10.0. The van der Waals surface area contributed by atoms with Gasteiger partial charge >= 0.3 is 0 Å². The molecule has 3 aliphatic heterocycles. The van der Waals surface area contributed by atoms with Gasteiger partial charge in [-0.05, 0) is 67.5 Å². The van der Waals surface area contributed by atoms with Crippen LogP contribution < -0.4 is 32.3 Å². The summed E-state index contributed by atoms with van der Waals surface area (Å²) in [7, 11) is 1.48. The smallest absolute Gasteiger partial charge is 0.242 e. The van der Waals surface area contributed by atoms with Gasteiger partial charge in [0, 0.05) is 51.8 Å². The van der Waals surface area contributed by atoms with E-state index in [0.29, 0.717) is 63.0 Å². The number of ether oxygens (including phenoxy) is 1. The second-order valence-electron chi connectivity index (χ2n) is 12.8. The van der Waals surface area contributed by atoms with Crippen LogP contribution in [-0.4, -0.2) is 100 Å². The van der Waals surface area contributed by atoms with Gasteiger partial charge in [0.15, 0.2) is 17.3 Å². The number of hydrogen-bond donors (Lipinski definition) is 7. The first-order chi connectivity index (χ1) is 25.7. The molecule has 0 bridgehead atoms. The summed E-state index contributed by atoms with van der Waals surface area (Å²) in [6, 6.07) is 11.1. The van der Waals surface area contributed by atoms with Gasteiger partial charge < -0.3 is 51.4 Å². The number of carbonyl (C=O) groups is 6. The number of phenolic OH excluding ortho intramolecular Hbond substituents is 1. The molecule has 2 aromatic carbocycles. The third-order valence-electron chi connectivity index (χ3n) is 8.62. The Kier molecular flexibility index (Phi) is 19.0. The number of aromatic hydroxyl groups is 1. The number of nitrogens with one attached hydrogen (secondary N) is 3. The van der Waals surface area contributed by atoms with E-state index in [1.807, 2.05) is 25.1 Å². The lowest BCUT2D eigenvalue weighted by Crippen LogP contribution is -2.43. The quantitative estimate of drug-likeness (QED) is 0.0876. The van der Waals surface area contributed by atoms with Crippen LogP contribution in [0, 0.1) is 0 Å². The van der Waals surface area contributed by atoms with Crippen molar-refractivity contribution in [2.75, 3.05) is 26.8 Å². The van der Waals surface area contributed by atoms with E-state index in [1.165, 1.54) is 25.2 Å². The lowest BCUT2D eigenvalue weighted by Gasteiger charge is -2.22. The third kappa shape index (κ3) is 14.7. The molecule has 9 N–H and O–H groups in total. The summed E-state index contributed by atoms with van der Waals surface area (Å²) in [5.74, 6) is 6.46. The Morgan fingerprint density at radius 3 is 2.35 bits per heavy atom. The van der Waals surface area contributed by atoms with E-state index in [1.54, 1.807) is 34.9 Å². The molecule has 2 fully saturated rings. The van der Waals surface area contributed by atoms with Crippen molar-refractivity contribution in [3.05, 3.63) is 70.5 Å². The van der Waals surface area contributed by atoms with Crippen molar-refractivity contribution >= 4 is 36.3 Å². The maximum Gasteiger partial charge on any atom is 0.242 e. The number of amides is 5. The van der Waals surface area contributed by atoms with Crippen LogP contribution in [0.2, 0.25) is 0 Å². The Morgan fingerprint density at radius 2 is 1.81 bits per heavy atom. The Labute approximate surface area is 315 Å². The summed E-state index contributed by atoms with van der Waals surface area (Å²) in [4.78, 5) is 67.8. The molecule has 0 spiro atoms. The van der Waals surface area contributed by atoms with Crippen LogP contribution in [0.25, 0.3) is 0 Å². The van der Waals surface area contributed by atoms with E-state index in [0.717, 1.165) is 47.9 Å². The maximum atomic E-state index is 11.5.